The number of halogens is 1. The minimum Gasteiger partial charge on any atom is -0.478 e. The second-order valence-electron chi connectivity index (χ2n) is 2.98. The van der Waals surface area contributed by atoms with Crippen LogP contribution >= 0.6 is 15.9 Å². The van der Waals surface area contributed by atoms with Gasteiger partial charge in [-0.25, -0.2) is 4.79 Å². The molecule has 4 heteroatoms. The van der Waals surface area contributed by atoms with Gasteiger partial charge in [0.1, 0.15) is 5.76 Å². The first-order valence-electron chi connectivity index (χ1n) is 4.25. The number of aromatic carboxylic acids is 1. The molecule has 1 N–H and O–H groups in total. The van der Waals surface area contributed by atoms with Gasteiger partial charge in [0.05, 0.1) is 11.8 Å². The van der Waals surface area contributed by atoms with Crippen LogP contribution in [0.1, 0.15) is 10.4 Å². The fourth-order valence-electron chi connectivity index (χ4n) is 1.28. The molecule has 0 aliphatic rings. The Morgan fingerprint density at radius 3 is 2.67 bits per heavy atom. The predicted octanol–water partition coefficient (Wildman–Crippen LogP) is 3.41. The Labute approximate surface area is 94.5 Å². The van der Waals surface area contributed by atoms with E-state index in [9.17, 15) is 4.79 Å². The van der Waals surface area contributed by atoms with Crippen LogP contribution in [0.25, 0.3) is 11.3 Å². The van der Waals surface area contributed by atoms with Crippen LogP contribution in [0.5, 0.6) is 0 Å². The number of hydrogen-bond acceptors (Lipinski definition) is 2. The van der Waals surface area contributed by atoms with Crippen molar-refractivity contribution in [3.63, 3.8) is 0 Å². The van der Waals surface area contributed by atoms with Crippen molar-refractivity contribution >= 4 is 21.9 Å². The summed E-state index contributed by atoms with van der Waals surface area (Å²) in [4.78, 5) is 10.8. The summed E-state index contributed by atoms with van der Waals surface area (Å²) in [5.41, 5.74) is 1.09. The van der Waals surface area contributed by atoms with E-state index in [0.29, 0.717) is 10.2 Å². The van der Waals surface area contributed by atoms with Gasteiger partial charge in [0.15, 0.2) is 0 Å². The van der Waals surface area contributed by atoms with Crippen molar-refractivity contribution in [1.82, 2.24) is 0 Å². The largest absolute Gasteiger partial charge is 0.478 e. The SMILES string of the molecule is O=C(O)c1ccc(-c2ccco2)cc1Br. The molecule has 0 fully saturated rings. The zero-order valence-corrected chi connectivity index (χ0v) is 9.19. The van der Waals surface area contributed by atoms with E-state index >= 15 is 0 Å². The first-order chi connectivity index (χ1) is 7.18. The van der Waals surface area contributed by atoms with E-state index in [4.69, 9.17) is 9.52 Å². The lowest BCUT2D eigenvalue weighted by Crippen LogP contribution is -1.97. The fourth-order valence-corrected chi connectivity index (χ4v) is 1.83. The van der Waals surface area contributed by atoms with Crippen LogP contribution in [0.4, 0.5) is 0 Å². The van der Waals surface area contributed by atoms with Crippen molar-refractivity contribution in [3.05, 3.63) is 46.6 Å². The van der Waals surface area contributed by atoms with E-state index in [2.05, 4.69) is 15.9 Å². The van der Waals surface area contributed by atoms with Crippen LogP contribution in [-0.2, 0) is 0 Å². The number of carboxylic acid groups (broad SMARTS) is 1. The summed E-state index contributed by atoms with van der Waals surface area (Å²) in [7, 11) is 0. The number of benzene rings is 1. The minimum atomic E-state index is -0.951. The van der Waals surface area contributed by atoms with E-state index in [-0.39, 0.29) is 5.56 Å². The Bertz CT molecular complexity index is 489. The van der Waals surface area contributed by atoms with E-state index in [1.54, 1.807) is 30.5 Å². The lowest BCUT2D eigenvalue weighted by atomic mass is 10.1. The van der Waals surface area contributed by atoms with Crippen LogP contribution in [0.2, 0.25) is 0 Å². The van der Waals surface area contributed by atoms with Gasteiger partial charge in [0.2, 0.25) is 0 Å². The summed E-state index contributed by atoms with van der Waals surface area (Å²) < 4.78 is 5.75. The first-order valence-corrected chi connectivity index (χ1v) is 5.04. The molecule has 0 radical (unpaired) electrons. The smallest absolute Gasteiger partial charge is 0.336 e. The van der Waals surface area contributed by atoms with Gasteiger partial charge in [-0.3, -0.25) is 0 Å². The van der Waals surface area contributed by atoms with Crippen molar-refractivity contribution in [3.8, 4) is 11.3 Å². The highest BCUT2D eigenvalue weighted by Gasteiger charge is 2.09. The zero-order chi connectivity index (χ0) is 10.8. The highest BCUT2D eigenvalue weighted by Crippen LogP contribution is 2.26. The third kappa shape index (κ3) is 1.94. The van der Waals surface area contributed by atoms with Gasteiger partial charge in [-0.15, -0.1) is 0 Å². The van der Waals surface area contributed by atoms with E-state index < -0.39 is 5.97 Å². The molecule has 0 unspecified atom stereocenters. The molecule has 2 rings (SSSR count). The van der Waals surface area contributed by atoms with Crippen molar-refractivity contribution in [2.24, 2.45) is 0 Å². The molecule has 3 nitrogen and oxygen atoms in total. The van der Waals surface area contributed by atoms with E-state index in [1.807, 2.05) is 6.07 Å². The molecular weight excluding hydrogens is 260 g/mol. The molecule has 1 aromatic heterocycles. The third-order valence-electron chi connectivity index (χ3n) is 2.01. The third-order valence-corrected chi connectivity index (χ3v) is 2.66. The Kier molecular flexibility index (Phi) is 2.60. The van der Waals surface area contributed by atoms with Gasteiger partial charge >= 0.3 is 5.97 Å². The van der Waals surface area contributed by atoms with E-state index in [1.165, 1.54) is 0 Å². The average molecular weight is 267 g/mol. The second-order valence-corrected chi connectivity index (χ2v) is 3.83. The molecule has 1 aromatic carbocycles. The summed E-state index contributed by atoms with van der Waals surface area (Å²) in [6.07, 6.45) is 1.58. The van der Waals surface area contributed by atoms with Gasteiger partial charge in [-0.2, -0.15) is 0 Å². The summed E-state index contributed by atoms with van der Waals surface area (Å²) in [5, 5.41) is 8.83. The molecular formula is C11H7BrO3. The van der Waals surface area contributed by atoms with Crippen LogP contribution in [0, 0.1) is 0 Å². The fraction of sp³-hybridized carbons (Fsp3) is 0. The number of rotatable bonds is 2. The highest BCUT2D eigenvalue weighted by atomic mass is 79.9. The van der Waals surface area contributed by atoms with E-state index in [0.717, 1.165) is 5.56 Å². The highest BCUT2D eigenvalue weighted by molar-refractivity contribution is 9.10. The number of carbonyl (C=O) groups is 1. The molecule has 0 amide bonds. The number of hydrogen-bond donors (Lipinski definition) is 1. The first kappa shape index (κ1) is 9.98. The number of carboxylic acids is 1. The maximum Gasteiger partial charge on any atom is 0.336 e. The molecule has 0 atom stereocenters. The molecule has 76 valence electrons. The van der Waals surface area contributed by atoms with Gasteiger partial charge in [-0.1, -0.05) is 6.07 Å². The van der Waals surface area contributed by atoms with Crippen LogP contribution in [-0.4, -0.2) is 11.1 Å². The standard InChI is InChI=1S/C11H7BrO3/c12-9-6-7(10-2-1-5-15-10)3-4-8(9)11(13)14/h1-6H,(H,13,14). The van der Waals surface area contributed by atoms with Crippen LogP contribution < -0.4 is 0 Å². The molecule has 1 heterocycles. The molecule has 0 aliphatic carbocycles. The minimum absolute atomic E-state index is 0.241. The normalized spacial score (nSPS) is 10.2. The predicted molar refractivity (Wildman–Crippen MR) is 58.8 cm³/mol. The monoisotopic (exact) mass is 266 g/mol. The lowest BCUT2D eigenvalue weighted by molar-refractivity contribution is 0.0696. The molecule has 0 bridgehead atoms. The van der Waals surface area contributed by atoms with Crippen molar-refractivity contribution in [1.29, 1.82) is 0 Å². The molecule has 2 aromatic rings. The van der Waals surface area contributed by atoms with Crippen LogP contribution in [0.15, 0.2) is 45.5 Å². The summed E-state index contributed by atoms with van der Waals surface area (Å²) in [6, 6.07) is 8.59. The van der Waals surface area contributed by atoms with Crippen molar-refractivity contribution in [2.45, 2.75) is 0 Å². The van der Waals surface area contributed by atoms with Gasteiger partial charge in [0.25, 0.3) is 0 Å². The molecule has 15 heavy (non-hydrogen) atoms. The Morgan fingerprint density at radius 1 is 1.33 bits per heavy atom. The van der Waals surface area contributed by atoms with Crippen molar-refractivity contribution < 1.29 is 14.3 Å². The van der Waals surface area contributed by atoms with Gasteiger partial charge < -0.3 is 9.52 Å². The average Bonchev–Trinajstić information content (AvgIpc) is 2.69. The van der Waals surface area contributed by atoms with Crippen molar-refractivity contribution in [2.75, 3.05) is 0 Å². The Morgan fingerprint density at radius 2 is 2.13 bits per heavy atom. The topological polar surface area (TPSA) is 50.4 Å². The Hall–Kier alpha value is -1.55. The Balaban J connectivity index is 2.47. The van der Waals surface area contributed by atoms with Gasteiger partial charge in [0, 0.05) is 10.0 Å². The summed E-state index contributed by atoms with van der Waals surface area (Å²) in [5.74, 6) is -0.236. The zero-order valence-electron chi connectivity index (χ0n) is 7.61. The summed E-state index contributed by atoms with van der Waals surface area (Å²) >= 11 is 3.21. The molecule has 0 aliphatic heterocycles. The maximum absolute atomic E-state index is 10.8. The number of furan rings is 1. The second kappa shape index (κ2) is 3.90. The summed E-state index contributed by atoms with van der Waals surface area (Å²) in [6.45, 7) is 0. The van der Waals surface area contributed by atoms with Gasteiger partial charge in [-0.05, 0) is 40.2 Å². The quantitative estimate of drug-likeness (QED) is 0.907. The van der Waals surface area contributed by atoms with Crippen LogP contribution in [0.3, 0.4) is 0 Å². The maximum atomic E-state index is 10.8. The molecule has 0 saturated heterocycles. The molecule has 0 spiro atoms. The molecule has 0 saturated carbocycles. The lowest BCUT2D eigenvalue weighted by Gasteiger charge is -2.01.